The van der Waals surface area contributed by atoms with Crippen LogP contribution in [0.25, 0.3) is 0 Å². The summed E-state index contributed by atoms with van der Waals surface area (Å²) >= 11 is 6.10. The van der Waals surface area contributed by atoms with Crippen LogP contribution in [0.15, 0.2) is 48.5 Å². The molecule has 0 aliphatic rings. The maximum Gasteiger partial charge on any atom is 0.121 e. The molecule has 0 bridgehead atoms. The third-order valence-corrected chi connectivity index (χ3v) is 3.40. The quantitative estimate of drug-likeness (QED) is 0.911. The molecular weight excluding hydrogens is 272 g/mol. The van der Waals surface area contributed by atoms with E-state index in [9.17, 15) is 5.26 Å². The van der Waals surface area contributed by atoms with Gasteiger partial charge in [-0.15, -0.1) is 0 Å². The van der Waals surface area contributed by atoms with Crippen LogP contribution in [0.3, 0.4) is 0 Å². The highest BCUT2D eigenvalue weighted by Crippen LogP contribution is 2.19. The molecule has 102 valence electrons. The van der Waals surface area contributed by atoms with Gasteiger partial charge in [-0.1, -0.05) is 41.9 Å². The Morgan fingerprint density at radius 3 is 2.50 bits per heavy atom. The van der Waals surface area contributed by atoms with Gasteiger partial charge in [0.2, 0.25) is 0 Å². The lowest BCUT2D eigenvalue weighted by atomic mass is 10.1. The summed E-state index contributed by atoms with van der Waals surface area (Å²) in [6.07, 6.45) is 0. The second-order valence-corrected chi connectivity index (χ2v) is 4.71. The summed E-state index contributed by atoms with van der Waals surface area (Å²) in [6.45, 7) is 0.546. The molecular formula is C16H15ClN2O. The number of nitriles is 1. The summed E-state index contributed by atoms with van der Waals surface area (Å²) < 4.78 is 5.11. The predicted octanol–water partition coefficient (Wildman–Crippen LogP) is 3.70. The lowest BCUT2D eigenvalue weighted by Crippen LogP contribution is -2.19. The Morgan fingerprint density at radius 1 is 1.20 bits per heavy atom. The molecule has 0 amide bonds. The van der Waals surface area contributed by atoms with E-state index in [1.54, 1.807) is 7.11 Å². The zero-order chi connectivity index (χ0) is 14.4. The summed E-state index contributed by atoms with van der Waals surface area (Å²) in [6, 6.07) is 16.9. The summed E-state index contributed by atoms with van der Waals surface area (Å²) in [7, 11) is 1.62. The molecule has 0 saturated carbocycles. The first-order chi connectivity index (χ1) is 9.74. The molecule has 1 unspecified atom stereocenters. The van der Waals surface area contributed by atoms with E-state index in [1.165, 1.54) is 0 Å². The number of ether oxygens (including phenoxy) is 1. The largest absolute Gasteiger partial charge is 0.497 e. The zero-order valence-electron chi connectivity index (χ0n) is 11.1. The molecule has 0 fully saturated rings. The topological polar surface area (TPSA) is 45.0 Å². The van der Waals surface area contributed by atoms with Crippen molar-refractivity contribution in [1.29, 1.82) is 5.26 Å². The second-order valence-electron chi connectivity index (χ2n) is 4.31. The molecule has 3 nitrogen and oxygen atoms in total. The molecule has 0 saturated heterocycles. The van der Waals surface area contributed by atoms with E-state index in [1.807, 2.05) is 48.5 Å². The molecule has 0 radical (unpaired) electrons. The number of rotatable bonds is 5. The van der Waals surface area contributed by atoms with Gasteiger partial charge in [-0.2, -0.15) is 5.26 Å². The molecule has 2 aromatic rings. The van der Waals surface area contributed by atoms with Crippen molar-refractivity contribution in [2.24, 2.45) is 0 Å². The van der Waals surface area contributed by atoms with Gasteiger partial charge < -0.3 is 4.74 Å². The fourth-order valence-corrected chi connectivity index (χ4v) is 2.09. The summed E-state index contributed by atoms with van der Waals surface area (Å²) in [5.41, 5.74) is 1.88. The van der Waals surface area contributed by atoms with Crippen molar-refractivity contribution in [1.82, 2.24) is 5.32 Å². The van der Waals surface area contributed by atoms with Crippen LogP contribution >= 0.6 is 11.6 Å². The highest BCUT2D eigenvalue weighted by molar-refractivity contribution is 6.31. The fourth-order valence-electron chi connectivity index (χ4n) is 1.89. The predicted molar refractivity (Wildman–Crippen MR) is 79.6 cm³/mol. The van der Waals surface area contributed by atoms with Crippen LogP contribution in [0, 0.1) is 11.3 Å². The summed E-state index contributed by atoms with van der Waals surface area (Å²) in [4.78, 5) is 0. The monoisotopic (exact) mass is 286 g/mol. The standard InChI is InChI=1S/C16H15ClN2O/c1-20-14-8-6-12(7-9-14)16(10-18)19-11-13-4-2-3-5-15(13)17/h2-9,16,19H,11H2,1H3. The Balaban J connectivity index is 2.06. The maximum atomic E-state index is 9.28. The van der Waals surface area contributed by atoms with Gasteiger partial charge in [0.05, 0.1) is 13.2 Å². The maximum absolute atomic E-state index is 9.28. The number of nitrogens with zero attached hydrogens (tertiary/aromatic N) is 1. The first-order valence-electron chi connectivity index (χ1n) is 6.25. The minimum absolute atomic E-state index is 0.378. The first-order valence-corrected chi connectivity index (χ1v) is 6.62. The lowest BCUT2D eigenvalue weighted by Gasteiger charge is -2.13. The van der Waals surface area contributed by atoms with Gasteiger partial charge in [0.25, 0.3) is 0 Å². The molecule has 2 rings (SSSR count). The van der Waals surface area contributed by atoms with E-state index >= 15 is 0 Å². The van der Waals surface area contributed by atoms with Crippen LogP contribution in [-0.4, -0.2) is 7.11 Å². The molecule has 0 spiro atoms. The van der Waals surface area contributed by atoms with E-state index in [0.29, 0.717) is 11.6 Å². The summed E-state index contributed by atoms with van der Waals surface area (Å²) in [5, 5.41) is 13.2. The van der Waals surface area contributed by atoms with Gasteiger partial charge in [-0.25, -0.2) is 0 Å². The third-order valence-electron chi connectivity index (χ3n) is 3.03. The van der Waals surface area contributed by atoms with Crippen molar-refractivity contribution < 1.29 is 4.74 Å². The SMILES string of the molecule is COc1ccc(C(C#N)NCc2ccccc2Cl)cc1. The Morgan fingerprint density at radius 2 is 1.90 bits per heavy atom. The van der Waals surface area contributed by atoms with Gasteiger partial charge in [-0.05, 0) is 29.3 Å². The normalized spacial score (nSPS) is 11.7. The van der Waals surface area contributed by atoms with Gasteiger partial charge in [-0.3, -0.25) is 5.32 Å². The Labute approximate surface area is 123 Å². The number of methoxy groups -OCH3 is 1. The van der Waals surface area contributed by atoms with E-state index in [-0.39, 0.29) is 6.04 Å². The molecule has 0 heterocycles. The molecule has 0 aliphatic heterocycles. The average Bonchev–Trinajstić information content (AvgIpc) is 2.50. The van der Waals surface area contributed by atoms with Crippen molar-refractivity contribution in [3.05, 3.63) is 64.7 Å². The van der Waals surface area contributed by atoms with Crippen molar-refractivity contribution in [2.75, 3.05) is 7.11 Å². The van der Waals surface area contributed by atoms with Crippen LogP contribution in [-0.2, 0) is 6.54 Å². The number of hydrogen-bond acceptors (Lipinski definition) is 3. The van der Waals surface area contributed by atoms with Crippen LogP contribution < -0.4 is 10.1 Å². The summed E-state index contributed by atoms with van der Waals surface area (Å²) in [5.74, 6) is 0.775. The van der Waals surface area contributed by atoms with Gasteiger partial charge in [0.15, 0.2) is 0 Å². The van der Waals surface area contributed by atoms with Crippen molar-refractivity contribution in [3.63, 3.8) is 0 Å². The second kappa shape index (κ2) is 6.95. The smallest absolute Gasteiger partial charge is 0.121 e. The molecule has 2 aromatic carbocycles. The highest BCUT2D eigenvalue weighted by Gasteiger charge is 2.10. The molecule has 4 heteroatoms. The molecule has 1 atom stereocenters. The molecule has 20 heavy (non-hydrogen) atoms. The van der Waals surface area contributed by atoms with Crippen molar-refractivity contribution in [3.8, 4) is 11.8 Å². The molecule has 0 aliphatic carbocycles. The van der Waals surface area contributed by atoms with Gasteiger partial charge >= 0.3 is 0 Å². The Hall–Kier alpha value is -2.02. The Bertz CT molecular complexity index is 605. The highest BCUT2D eigenvalue weighted by atomic mass is 35.5. The first kappa shape index (κ1) is 14.4. The number of hydrogen-bond donors (Lipinski definition) is 1. The van der Waals surface area contributed by atoms with Crippen molar-refractivity contribution >= 4 is 11.6 Å². The minimum atomic E-state index is -0.378. The van der Waals surface area contributed by atoms with Crippen LogP contribution in [0.4, 0.5) is 0 Å². The van der Waals surface area contributed by atoms with Gasteiger partial charge in [0.1, 0.15) is 11.8 Å². The Kier molecular flexibility index (Phi) is 5.00. The van der Waals surface area contributed by atoms with Crippen LogP contribution in [0.2, 0.25) is 5.02 Å². The third kappa shape index (κ3) is 3.51. The van der Waals surface area contributed by atoms with E-state index in [4.69, 9.17) is 16.3 Å². The zero-order valence-corrected chi connectivity index (χ0v) is 11.9. The minimum Gasteiger partial charge on any atom is -0.497 e. The van der Waals surface area contributed by atoms with Crippen molar-refractivity contribution in [2.45, 2.75) is 12.6 Å². The lowest BCUT2D eigenvalue weighted by molar-refractivity contribution is 0.414. The van der Waals surface area contributed by atoms with Crippen LogP contribution in [0.5, 0.6) is 5.75 Å². The van der Waals surface area contributed by atoms with E-state index in [2.05, 4.69) is 11.4 Å². The molecule has 0 aromatic heterocycles. The van der Waals surface area contributed by atoms with Gasteiger partial charge in [0, 0.05) is 11.6 Å². The number of benzene rings is 2. The van der Waals surface area contributed by atoms with Crippen LogP contribution in [0.1, 0.15) is 17.2 Å². The number of halogens is 1. The fraction of sp³-hybridized carbons (Fsp3) is 0.188. The number of nitrogens with one attached hydrogen (secondary N) is 1. The van der Waals surface area contributed by atoms with E-state index in [0.717, 1.165) is 16.9 Å². The molecule has 1 N–H and O–H groups in total. The van der Waals surface area contributed by atoms with E-state index < -0.39 is 0 Å². The average molecular weight is 287 g/mol.